The summed E-state index contributed by atoms with van der Waals surface area (Å²) in [6.45, 7) is 3.59. The minimum Gasteiger partial charge on any atom is -0.465 e. The first-order chi connectivity index (χ1) is 9.36. The maximum Gasteiger partial charge on any atom is 0.340 e. The van der Waals surface area contributed by atoms with Gasteiger partial charge in [0.2, 0.25) is 0 Å². The highest BCUT2D eigenvalue weighted by Gasteiger charge is 2.19. The summed E-state index contributed by atoms with van der Waals surface area (Å²) in [4.78, 5) is 11.6. The lowest BCUT2D eigenvalue weighted by molar-refractivity contribution is 0.0602. The molecule has 2 N–H and O–H groups in total. The molecule has 0 radical (unpaired) electrons. The molecule has 0 amide bonds. The van der Waals surface area contributed by atoms with Gasteiger partial charge in [-0.25, -0.2) is 13.9 Å². The first-order valence-electron chi connectivity index (χ1n) is 5.76. The molecule has 0 unspecified atom stereocenters. The van der Waals surface area contributed by atoms with Crippen LogP contribution < -0.4 is 5.73 Å². The maximum absolute atomic E-state index is 14.1. The molecular formula is C13H13BrFN3O2. The number of esters is 1. The van der Waals surface area contributed by atoms with E-state index in [-0.39, 0.29) is 16.9 Å². The van der Waals surface area contributed by atoms with Gasteiger partial charge in [0.25, 0.3) is 0 Å². The molecule has 0 aliphatic carbocycles. The SMILES string of the molecule is COC(=O)c1cc(-n2nc(C)c(Br)c2C)c(F)cc1N. The number of aryl methyl sites for hydroxylation is 1. The molecule has 0 aliphatic rings. The summed E-state index contributed by atoms with van der Waals surface area (Å²) >= 11 is 3.38. The zero-order valence-corrected chi connectivity index (χ0v) is 12.8. The van der Waals surface area contributed by atoms with E-state index in [0.29, 0.717) is 0 Å². The van der Waals surface area contributed by atoms with Crippen molar-refractivity contribution in [2.45, 2.75) is 13.8 Å². The van der Waals surface area contributed by atoms with Crippen molar-refractivity contribution in [3.63, 3.8) is 0 Å². The molecule has 5 nitrogen and oxygen atoms in total. The minimum atomic E-state index is -0.621. The fourth-order valence-electron chi connectivity index (χ4n) is 1.88. The van der Waals surface area contributed by atoms with Gasteiger partial charge in [0.05, 0.1) is 28.5 Å². The number of carbonyl (C=O) groups excluding carboxylic acids is 1. The molecule has 0 fully saturated rings. The molecule has 2 aromatic rings. The quantitative estimate of drug-likeness (QED) is 0.673. The number of rotatable bonds is 2. The van der Waals surface area contributed by atoms with E-state index < -0.39 is 11.8 Å². The molecule has 0 bridgehead atoms. The van der Waals surface area contributed by atoms with Gasteiger partial charge in [0.1, 0.15) is 5.69 Å². The number of hydrogen-bond acceptors (Lipinski definition) is 4. The van der Waals surface area contributed by atoms with E-state index in [0.717, 1.165) is 21.9 Å². The van der Waals surface area contributed by atoms with Crippen LogP contribution in [0.15, 0.2) is 16.6 Å². The Kier molecular flexibility index (Phi) is 3.80. The molecule has 20 heavy (non-hydrogen) atoms. The summed E-state index contributed by atoms with van der Waals surface area (Å²) in [5, 5.41) is 4.23. The van der Waals surface area contributed by atoms with E-state index in [2.05, 4.69) is 25.8 Å². The number of ether oxygens (including phenoxy) is 1. The Morgan fingerprint density at radius 1 is 1.45 bits per heavy atom. The number of benzene rings is 1. The maximum atomic E-state index is 14.1. The first kappa shape index (κ1) is 14.5. The zero-order valence-electron chi connectivity index (χ0n) is 11.2. The van der Waals surface area contributed by atoms with E-state index in [4.69, 9.17) is 5.73 Å². The highest BCUT2D eigenvalue weighted by Crippen LogP contribution is 2.27. The molecule has 0 atom stereocenters. The molecule has 1 aromatic carbocycles. The summed E-state index contributed by atoms with van der Waals surface area (Å²) in [7, 11) is 1.24. The summed E-state index contributed by atoms with van der Waals surface area (Å²) in [6, 6.07) is 2.42. The third-order valence-corrected chi connectivity index (χ3v) is 4.10. The van der Waals surface area contributed by atoms with Crippen molar-refractivity contribution in [3.05, 3.63) is 39.4 Å². The van der Waals surface area contributed by atoms with Crippen LogP contribution in [0.4, 0.5) is 10.1 Å². The summed E-state index contributed by atoms with van der Waals surface area (Å²) in [5.41, 5.74) is 7.36. The normalized spacial score (nSPS) is 10.7. The van der Waals surface area contributed by atoms with Crippen LogP contribution in [0, 0.1) is 19.7 Å². The van der Waals surface area contributed by atoms with Crippen molar-refractivity contribution in [2.24, 2.45) is 0 Å². The average Bonchev–Trinajstić information content (AvgIpc) is 2.66. The van der Waals surface area contributed by atoms with E-state index in [1.165, 1.54) is 17.9 Å². The van der Waals surface area contributed by atoms with E-state index in [1.807, 2.05) is 0 Å². The van der Waals surface area contributed by atoms with Crippen LogP contribution in [0.2, 0.25) is 0 Å². The molecule has 1 heterocycles. The Balaban J connectivity index is 2.68. The zero-order chi connectivity index (χ0) is 15.0. The van der Waals surface area contributed by atoms with Crippen LogP contribution in [0.3, 0.4) is 0 Å². The van der Waals surface area contributed by atoms with Crippen molar-refractivity contribution in [2.75, 3.05) is 12.8 Å². The van der Waals surface area contributed by atoms with Gasteiger partial charge in [-0.15, -0.1) is 0 Å². The highest BCUT2D eigenvalue weighted by molar-refractivity contribution is 9.10. The molecule has 0 spiro atoms. The van der Waals surface area contributed by atoms with Gasteiger partial charge in [0, 0.05) is 5.69 Å². The Morgan fingerprint density at radius 2 is 2.10 bits per heavy atom. The number of hydrogen-bond donors (Lipinski definition) is 1. The second-order valence-electron chi connectivity index (χ2n) is 4.28. The Morgan fingerprint density at radius 3 is 2.60 bits per heavy atom. The molecule has 0 saturated carbocycles. The monoisotopic (exact) mass is 341 g/mol. The van der Waals surface area contributed by atoms with E-state index in [1.54, 1.807) is 13.8 Å². The molecule has 1 aromatic heterocycles. The summed E-state index contributed by atoms with van der Waals surface area (Å²) < 4.78 is 20.9. The number of methoxy groups -OCH3 is 1. The lowest BCUT2D eigenvalue weighted by Crippen LogP contribution is -2.10. The molecule has 0 saturated heterocycles. The van der Waals surface area contributed by atoms with Gasteiger partial charge in [-0.05, 0) is 41.9 Å². The van der Waals surface area contributed by atoms with Crippen LogP contribution in [-0.4, -0.2) is 22.9 Å². The fraction of sp³-hybridized carbons (Fsp3) is 0.231. The molecular weight excluding hydrogens is 329 g/mol. The Hall–Kier alpha value is -1.89. The van der Waals surface area contributed by atoms with E-state index in [9.17, 15) is 9.18 Å². The standard InChI is InChI=1S/C13H13BrFN3O2/c1-6-12(14)7(2)18(17-6)11-4-8(13(19)20-3)10(16)5-9(11)15/h4-5H,16H2,1-3H3. The Bertz CT molecular complexity index is 697. The highest BCUT2D eigenvalue weighted by atomic mass is 79.9. The van der Waals surface area contributed by atoms with Crippen LogP contribution in [-0.2, 0) is 4.74 Å². The average molecular weight is 342 g/mol. The van der Waals surface area contributed by atoms with Gasteiger partial charge in [0.15, 0.2) is 5.82 Å². The largest absolute Gasteiger partial charge is 0.465 e. The topological polar surface area (TPSA) is 70.1 Å². The van der Waals surface area contributed by atoms with Crippen molar-refractivity contribution < 1.29 is 13.9 Å². The number of nitrogens with zero attached hydrogens (tertiary/aromatic N) is 2. The number of nitrogens with two attached hydrogens (primary N) is 1. The van der Waals surface area contributed by atoms with Crippen LogP contribution >= 0.6 is 15.9 Å². The number of carbonyl (C=O) groups is 1. The number of aromatic nitrogens is 2. The molecule has 106 valence electrons. The fourth-order valence-corrected chi connectivity index (χ4v) is 2.13. The van der Waals surface area contributed by atoms with Gasteiger partial charge in [-0.1, -0.05) is 0 Å². The Labute approximate surface area is 123 Å². The van der Waals surface area contributed by atoms with Gasteiger partial charge >= 0.3 is 5.97 Å². The van der Waals surface area contributed by atoms with Crippen LogP contribution in [0.5, 0.6) is 0 Å². The van der Waals surface area contributed by atoms with Crippen molar-refractivity contribution in [1.29, 1.82) is 0 Å². The second-order valence-corrected chi connectivity index (χ2v) is 5.07. The lowest BCUT2D eigenvalue weighted by Gasteiger charge is -2.10. The lowest BCUT2D eigenvalue weighted by atomic mass is 10.1. The van der Waals surface area contributed by atoms with Gasteiger partial charge in [-0.2, -0.15) is 5.10 Å². The number of nitrogen functional groups attached to an aromatic ring is 1. The third kappa shape index (κ3) is 2.29. The van der Waals surface area contributed by atoms with Gasteiger partial charge in [-0.3, -0.25) is 0 Å². The second kappa shape index (κ2) is 5.24. The predicted octanol–water partition coefficient (Wildman–Crippen LogP) is 2.76. The van der Waals surface area contributed by atoms with Gasteiger partial charge < -0.3 is 10.5 Å². The van der Waals surface area contributed by atoms with Crippen LogP contribution in [0.25, 0.3) is 5.69 Å². The first-order valence-corrected chi connectivity index (χ1v) is 6.55. The third-order valence-electron chi connectivity index (χ3n) is 2.96. The molecule has 2 rings (SSSR count). The van der Waals surface area contributed by atoms with Crippen molar-refractivity contribution in [1.82, 2.24) is 9.78 Å². The minimum absolute atomic E-state index is 0.0266. The van der Waals surface area contributed by atoms with Crippen LogP contribution in [0.1, 0.15) is 21.7 Å². The smallest absolute Gasteiger partial charge is 0.340 e. The summed E-state index contributed by atoms with van der Waals surface area (Å²) in [6.07, 6.45) is 0. The molecule has 0 aliphatic heterocycles. The predicted molar refractivity (Wildman–Crippen MR) is 76.4 cm³/mol. The summed E-state index contributed by atoms with van der Waals surface area (Å²) in [5.74, 6) is -1.18. The number of halogens is 2. The van der Waals surface area contributed by atoms with Crippen molar-refractivity contribution in [3.8, 4) is 5.69 Å². The van der Waals surface area contributed by atoms with E-state index >= 15 is 0 Å². The molecule has 7 heteroatoms. The van der Waals surface area contributed by atoms with Crippen molar-refractivity contribution >= 4 is 27.6 Å². The number of anilines is 1.